The van der Waals surface area contributed by atoms with Crippen LogP contribution in [0.1, 0.15) is 50.6 Å². The molecule has 21 heavy (non-hydrogen) atoms. The Kier molecular flexibility index (Phi) is 4.43. The molecule has 3 rings (SSSR count). The van der Waals surface area contributed by atoms with Crippen molar-refractivity contribution in [2.75, 3.05) is 11.9 Å². The van der Waals surface area contributed by atoms with Crippen LogP contribution in [-0.2, 0) is 0 Å². The number of nitrogens with one attached hydrogen (secondary N) is 1. The monoisotopic (exact) mass is 350 g/mol. The highest BCUT2D eigenvalue weighted by Crippen LogP contribution is 2.37. The van der Waals surface area contributed by atoms with Crippen LogP contribution in [0, 0.1) is 5.82 Å². The van der Waals surface area contributed by atoms with Gasteiger partial charge in [-0.2, -0.15) is 0 Å². The summed E-state index contributed by atoms with van der Waals surface area (Å²) in [7, 11) is 0. The van der Waals surface area contributed by atoms with Gasteiger partial charge < -0.3 is 5.32 Å². The Morgan fingerprint density at radius 1 is 1.29 bits per heavy atom. The zero-order valence-electron chi connectivity index (χ0n) is 12.3. The number of hydrogen-bond acceptors (Lipinski definition) is 2. The molecule has 0 atom stereocenters. The molecule has 1 fully saturated rings. The third-order valence-electron chi connectivity index (χ3n) is 4.19. The van der Waals surface area contributed by atoms with Crippen LogP contribution in [0.4, 0.5) is 10.1 Å². The SMILES string of the molecule is CCCNc1cc(C2CCCC2)nc2c(F)cc(Br)cc12. The van der Waals surface area contributed by atoms with E-state index < -0.39 is 0 Å². The number of halogens is 2. The van der Waals surface area contributed by atoms with Gasteiger partial charge in [0.15, 0.2) is 5.82 Å². The van der Waals surface area contributed by atoms with E-state index in [1.807, 2.05) is 6.07 Å². The molecule has 1 saturated carbocycles. The number of aromatic nitrogens is 1. The van der Waals surface area contributed by atoms with E-state index in [2.05, 4.69) is 39.2 Å². The predicted molar refractivity (Wildman–Crippen MR) is 89.4 cm³/mol. The minimum Gasteiger partial charge on any atom is -0.384 e. The van der Waals surface area contributed by atoms with Crippen molar-refractivity contribution in [2.24, 2.45) is 0 Å². The molecule has 0 radical (unpaired) electrons. The Labute approximate surface area is 133 Å². The molecule has 1 aromatic heterocycles. The van der Waals surface area contributed by atoms with Crippen molar-refractivity contribution in [3.8, 4) is 0 Å². The smallest absolute Gasteiger partial charge is 0.150 e. The summed E-state index contributed by atoms with van der Waals surface area (Å²) in [5, 5.41) is 4.29. The van der Waals surface area contributed by atoms with Gasteiger partial charge >= 0.3 is 0 Å². The number of fused-ring (bicyclic) bond motifs is 1. The minimum absolute atomic E-state index is 0.251. The van der Waals surface area contributed by atoms with Gasteiger partial charge in [0, 0.05) is 33.7 Å². The van der Waals surface area contributed by atoms with Gasteiger partial charge in [-0.1, -0.05) is 35.7 Å². The van der Waals surface area contributed by atoms with Crippen molar-refractivity contribution in [2.45, 2.75) is 44.9 Å². The number of rotatable bonds is 4. The lowest BCUT2D eigenvalue weighted by Crippen LogP contribution is -2.05. The summed E-state index contributed by atoms with van der Waals surface area (Å²) in [5.41, 5.74) is 2.53. The molecular weight excluding hydrogens is 331 g/mol. The lowest BCUT2D eigenvalue weighted by molar-refractivity contribution is 0.633. The van der Waals surface area contributed by atoms with Crippen LogP contribution in [0.15, 0.2) is 22.7 Å². The van der Waals surface area contributed by atoms with E-state index in [1.165, 1.54) is 31.7 Å². The molecule has 0 spiro atoms. The number of hydrogen-bond donors (Lipinski definition) is 1. The zero-order chi connectivity index (χ0) is 14.8. The van der Waals surface area contributed by atoms with E-state index in [9.17, 15) is 4.39 Å². The summed E-state index contributed by atoms with van der Waals surface area (Å²) in [6.45, 7) is 3.02. The molecule has 0 amide bonds. The largest absolute Gasteiger partial charge is 0.384 e. The molecule has 0 bridgehead atoms. The quantitative estimate of drug-likeness (QED) is 0.774. The van der Waals surface area contributed by atoms with Crippen molar-refractivity contribution >= 4 is 32.5 Å². The average Bonchev–Trinajstić information content (AvgIpc) is 2.99. The maximum absolute atomic E-state index is 14.3. The van der Waals surface area contributed by atoms with Crippen LogP contribution in [0.5, 0.6) is 0 Å². The maximum Gasteiger partial charge on any atom is 0.150 e. The summed E-state index contributed by atoms with van der Waals surface area (Å²) < 4.78 is 15.0. The van der Waals surface area contributed by atoms with Crippen LogP contribution in [0.2, 0.25) is 0 Å². The van der Waals surface area contributed by atoms with Gasteiger partial charge in [0.1, 0.15) is 5.52 Å². The first kappa shape index (κ1) is 14.8. The van der Waals surface area contributed by atoms with Crippen molar-refractivity contribution in [3.05, 3.63) is 34.2 Å². The fourth-order valence-electron chi connectivity index (χ4n) is 3.11. The molecule has 1 aliphatic carbocycles. The molecular formula is C17H20BrFN2. The topological polar surface area (TPSA) is 24.9 Å². The molecule has 1 heterocycles. The standard InChI is InChI=1S/C17H20BrFN2/c1-2-7-20-16-10-15(11-5-3-4-6-11)21-17-13(16)8-12(18)9-14(17)19/h8-11H,2-7H2,1H3,(H,20,21). The highest BCUT2D eigenvalue weighted by molar-refractivity contribution is 9.10. The van der Waals surface area contributed by atoms with E-state index in [1.54, 1.807) is 0 Å². The van der Waals surface area contributed by atoms with Crippen molar-refractivity contribution in [1.82, 2.24) is 4.98 Å². The molecule has 1 N–H and O–H groups in total. The second kappa shape index (κ2) is 6.30. The molecule has 1 aromatic carbocycles. The van der Waals surface area contributed by atoms with E-state index in [4.69, 9.17) is 0 Å². The average molecular weight is 351 g/mol. The molecule has 2 aromatic rings. The number of benzene rings is 1. The summed E-state index contributed by atoms with van der Waals surface area (Å²) in [6, 6.07) is 5.57. The Balaban J connectivity index is 2.13. The first-order chi connectivity index (χ1) is 10.2. The van der Waals surface area contributed by atoms with Gasteiger partial charge in [-0.05, 0) is 37.5 Å². The van der Waals surface area contributed by atoms with E-state index in [0.29, 0.717) is 11.4 Å². The van der Waals surface area contributed by atoms with E-state index in [-0.39, 0.29) is 5.82 Å². The third-order valence-corrected chi connectivity index (χ3v) is 4.65. The van der Waals surface area contributed by atoms with Crippen molar-refractivity contribution < 1.29 is 4.39 Å². The summed E-state index contributed by atoms with van der Waals surface area (Å²) >= 11 is 3.37. The minimum atomic E-state index is -0.251. The summed E-state index contributed by atoms with van der Waals surface area (Å²) in [5.74, 6) is 0.235. The molecule has 0 aliphatic heterocycles. The van der Waals surface area contributed by atoms with Crippen molar-refractivity contribution in [1.29, 1.82) is 0 Å². The van der Waals surface area contributed by atoms with Crippen molar-refractivity contribution in [3.63, 3.8) is 0 Å². The second-order valence-corrected chi connectivity index (χ2v) is 6.70. The van der Waals surface area contributed by atoms with Gasteiger partial charge in [-0.25, -0.2) is 9.37 Å². The Morgan fingerprint density at radius 3 is 2.76 bits per heavy atom. The van der Waals surface area contributed by atoms with Crippen LogP contribution in [-0.4, -0.2) is 11.5 Å². The second-order valence-electron chi connectivity index (χ2n) is 5.79. The van der Waals surface area contributed by atoms with E-state index >= 15 is 0 Å². The van der Waals surface area contributed by atoms with Gasteiger partial charge in [-0.3, -0.25) is 0 Å². The molecule has 112 valence electrons. The highest BCUT2D eigenvalue weighted by Gasteiger charge is 2.21. The van der Waals surface area contributed by atoms with E-state index in [0.717, 1.165) is 34.2 Å². The van der Waals surface area contributed by atoms with Gasteiger partial charge in [0.25, 0.3) is 0 Å². The lowest BCUT2D eigenvalue weighted by atomic mass is 10.0. The van der Waals surface area contributed by atoms with Gasteiger partial charge in [0.05, 0.1) is 0 Å². The maximum atomic E-state index is 14.3. The molecule has 0 saturated heterocycles. The fraction of sp³-hybridized carbons (Fsp3) is 0.471. The molecule has 2 nitrogen and oxygen atoms in total. The number of pyridine rings is 1. The summed E-state index contributed by atoms with van der Waals surface area (Å²) in [6.07, 6.45) is 5.89. The zero-order valence-corrected chi connectivity index (χ0v) is 13.8. The lowest BCUT2D eigenvalue weighted by Gasteiger charge is -2.15. The number of nitrogens with zero attached hydrogens (tertiary/aromatic N) is 1. The normalized spacial score (nSPS) is 15.8. The first-order valence-corrected chi connectivity index (χ1v) is 8.52. The Morgan fingerprint density at radius 2 is 2.05 bits per heavy atom. The van der Waals surface area contributed by atoms with Crippen LogP contribution in [0.3, 0.4) is 0 Å². The Bertz CT molecular complexity index is 651. The number of anilines is 1. The first-order valence-electron chi connectivity index (χ1n) is 7.72. The van der Waals surface area contributed by atoms with Crippen LogP contribution < -0.4 is 5.32 Å². The predicted octanol–water partition coefficient (Wildman–Crippen LogP) is 5.62. The highest BCUT2D eigenvalue weighted by atomic mass is 79.9. The van der Waals surface area contributed by atoms with Crippen LogP contribution >= 0.6 is 15.9 Å². The molecule has 4 heteroatoms. The van der Waals surface area contributed by atoms with Gasteiger partial charge in [-0.15, -0.1) is 0 Å². The summed E-state index contributed by atoms with van der Waals surface area (Å²) in [4.78, 5) is 4.63. The molecule has 0 unspecified atom stereocenters. The third kappa shape index (κ3) is 3.05. The Hall–Kier alpha value is -1.16. The molecule has 1 aliphatic rings. The van der Waals surface area contributed by atoms with Crippen LogP contribution in [0.25, 0.3) is 10.9 Å². The van der Waals surface area contributed by atoms with Gasteiger partial charge in [0.2, 0.25) is 0 Å². The fourth-order valence-corrected chi connectivity index (χ4v) is 3.54.